The van der Waals surface area contributed by atoms with Crippen molar-refractivity contribution < 1.29 is 25.2 Å². The van der Waals surface area contributed by atoms with E-state index in [4.69, 9.17) is 5.11 Å². The van der Waals surface area contributed by atoms with Crippen molar-refractivity contribution in [1.82, 2.24) is 0 Å². The summed E-state index contributed by atoms with van der Waals surface area (Å²) in [6.07, 6.45) is 9.41. The van der Waals surface area contributed by atoms with Gasteiger partial charge in [-0.15, -0.1) is 0 Å². The van der Waals surface area contributed by atoms with Crippen LogP contribution in [-0.4, -0.2) is 44.7 Å². The summed E-state index contributed by atoms with van der Waals surface area (Å²) >= 11 is 0. The number of aliphatic hydroxyl groups is 3. The number of carboxylic acid groups (broad SMARTS) is 1. The molecule has 4 aliphatic carbocycles. The summed E-state index contributed by atoms with van der Waals surface area (Å²) in [6, 6.07) is 0. The molecule has 0 aliphatic heterocycles. The molecule has 2 saturated carbocycles. The molecule has 0 heterocycles. The summed E-state index contributed by atoms with van der Waals surface area (Å²) in [7, 11) is 0. The molecule has 4 rings (SSSR count). The number of rotatable bonds is 5. The maximum absolute atomic E-state index is 11.6. The van der Waals surface area contributed by atoms with Gasteiger partial charge in [-0.3, -0.25) is 0 Å². The van der Waals surface area contributed by atoms with Crippen LogP contribution in [0.4, 0.5) is 0 Å². The number of allylic oxidation sites excluding steroid dienone is 3. The minimum absolute atomic E-state index is 0.0146. The number of aliphatic hydroxyl groups excluding tert-OH is 3. The zero-order chi connectivity index (χ0) is 26.1. The van der Waals surface area contributed by atoms with E-state index in [-0.39, 0.29) is 39.8 Å². The highest BCUT2D eigenvalue weighted by Gasteiger charge is 2.66. The first-order chi connectivity index (χ1) is 16.1. The number of carbonyl (C=O) groups is 1. The number of hydrogen-bond acceptors (Lipinski definition) is 4. The second kappa shape index (κ2) is 8.56. The van der Waals surface area contributed by atoms with Gasteiger partial charge in [-0.1, -0.05) is 59.8 Å². The first kappa shape index (κ1) is 26.6. The van der Waals surface area contributed by atoms with Crippen LogP contribution in [0.3, 0.4) is 0 Å². The van der Waals surface area contributed by atoms with Crippen LogP contribution < -0.4 is 0 Å². The molecule has 0 unspecified atom stereocenters. The summed E-state index contributed by atoms with van der Waals surface area (Å²) in [6.45, 7) is 14.9. The molecular weight excluding hydrogens is 440 g/mol. The molecule has 0 saturated heterocycles. The van der Waals surface area contributed by atoms with Gasteiger partial charge in [-0.05, 0) is 90.6 Å². The summed E-state index contributed by atoms with van der Waals surface area (Å²) < 4.78 is 0. The van der Waals surface area contributed by atoms with Gasteiger partial charge in [0.25, 0.3) is 0 Å². The van der Waals surface area contributed by atoms with Crippen LogP contribution >= 0.6 is 0 Å². The van der Waals surface area contributed by atoms with Crippen molar-refractivity contribution in [2.24, 2.45) is 39.4 Å². The maximum Gasteiger partial charge on any atom is 0.330 e. The Morgan fingerprint density at radius 1 is 1.11 bits per heavy atom. The Balaban J connectivity index is 1.68. The van der Waals surface area contributed by atoms with E-state index in [9.17, 15) is 20.1 Å². The average molecular weight is 487 g/mol. The molecule has 5 heteroatoms. The molecule has 0 aromatic heterocycles. The van der Waals surface area contributed by atoms with Gasteiger partial charge in [0.2, 0.25) is 0 Å². The van der Waals surface area contributed by atoms with Gasteiger partial charge in [0, 0.05) is 11.0 Å². The van der Waals surface area contributed by atoms with Crippen LogP contribution in [0.5, 0.6) is 0 Å². The van der Waals surface area contributed by atoms with Crippen molar-refractivity contribution in [2.75, 3.05) is 0 Å². The highest BCUT2D eigenvalue weighted by atomic mass is 16.4. The van der Waals surface area contributed by atoms with E-state index in [0.29, 0.717) is 18.8 Å². The molecule has 0 amide bonds. The zero-order valence-electron chi connectivity index (χ0n) is 22.6. The average Bonchev–Trinajstić information content (AvgIpc) is 3.00. The van der Waals surface area contributed by atoms with Crippen LogP contribution in [0.2, 0.25) is 0 Å². The Morgan fingerprint density at radius 3 is 2.40 bits per heavy atom. The van der Waals surface area contributed by atoms with E-state index in [1.807, 2.05) is 0 Å². The Labute approximate surface area is 211 Å². The molecule has 35 heavy (non-hydrogen) atoms. The molecule has 4 aliphatic rings. The summed E-state index contributed by atoms with van der Waals surface area (Å²) in [5, 5.41) is 42.6. The minimum Gasteiger partial charge on any atom is -0.478 e. The van der Waals surface area contributed by atoms with Crippen LogP contribution in [0.25, 0.3) is 0 Å². The molecule has 0 spiro atoms. The molecule has 0 aromatic rings. The molecule has 9 atom stereocenters. The van der Waals surface area contributed by atoms with Gasteiger partial charge in [-0.25, -0.2) is 4.79 Å². The Morgan fingerprint density at radius 2 is 1.77 bits per heavy atom. The number of fused-ring (bicyclic) bond motifs is 5. The highest BCUT2D eigenvalue weighted by molar-refractivity contribution is 5.85. The third kappa shape index (κ3) is 3.63. The lowest BCUT2D eigenvalue weighted by molar-refractivity contribution is -0.132. The van der Waals surface area contributed by atoms with Crippen molar-refractivity contribution >= 4 is 5.97 Å². The molecule has 2 fully saturated rings. The van der Waals surface area contributed by atoms with Crippen LogP contribution in [-0.2, 0) is 4.79 Å². The van der Waals surface area contributed by atoms with Crippen molar-refractivity contribution in [1.29, 1.82) is 0 Å². The van der Waals surface area contributed by atoms with Crippen molar-refractivity contribution in [2.45, 2.75) is 105 Å². The second-order valence-corrected chi connectivity index (χ2v) is 13.4. The van der Waals surface area contributed by atoms with Gasteiger partial charge in [0.1, 0.15) is 0 Å². The van der Waals surface area contributed by atoms with Gasteiger partial charge in [0.05, 0.1) is 18.3 Å². The summed E-state index contributed by atoms with van der Waals surface area (Å²) in [4.78, 5) is 11.2. The normalized spacial score (nSPS) is 44.3. The van der Waals surface area contributed by atoms with E-state index in [1.54, 1.807) is 13.0 Å². The SMILES string of the molecule is C/C(=C\C[C@H](O)[C@@H](C)[C@H]1C[C@H](O)[C@@]2(C)C3=CC[C@H]4C(C)(C)[C@@H](O)CC[C@]4(C)C3=CC[C@]12C)C(=O)O. The van der Waals surface area contributed by atoms with Crippen molar-refractivity contribution in [3.8, 4) is 0 Å². The molecule has 196 valence electrons. The summed E-state index contributed by atoms with van der Waals surface area (Å²) in [5.74, 6) is -0.549. The van der Waals surface area contributed by atoms with E-state index >= 15 is 0 Å². The Hall–Kier alpha value is -1.43. The quantitative estimate of drug-likeness (QED) is 0.397. The lowest BCUT2D eigenvalue weighted by Crippen LogP contribution is -2.55. The fourth-order valence-corrected chi connectivity index (χ4v) is 8.74. The van der Waals surface area contributed by atoms with Crippen LogP contribution in [0.1, 0.15) is 87.0 Å². The smallest absolute Gasteiger partial charge is 0.330 e. The largest absolute Gasteiger partial charge is 0.478 e. The lowest BCUT2D eigenvalue weighted by Gasteiger charge is -2.61. The van der Waals surface area contributed by atoms with E-state index in [2.05, 4.69) is 53.7 Å². The standard InChI is InChI=1S/C30H46O5/c1-17(26(34)35)8-10-22(31)18(2)21-16-25(33)30(7)20-9-11-23-27(3,4)24(32)13-14-28(23,5)19(20)12-15-29(21,30)6/h8-9,12,18,21-25,31-33H,10-11,13-16H2,1-7H3,(H,34,35)/b17-8+/t18-,21+,22-,23-,24-,25-,28+,29+,30+/m0/s1. The number of hydrogen-bond donors (Lipinski definition) is 4. The monoisotopic (exact) mass is 486 g/mol. The van der Waals surface area contributed by atoms with Crippen molar-refractivity contribution in [3.63, 3.8) is 0 Å². The molecule has 5 nitrogen and oxygen atoms in total. The molecular formula is C30H46O5. The first-order valence-electron chi connectivity index (χ1n) is 13.5. The topological polar surface area (TPSA) is 98.0 Å². The van der Waals surface area contributed by atoms with E-state index in [0.717, 1.165) is 25.7 Å². The Bertz CT molecular complexity index is 975. The molecule has 4 N–H and O–H groups in total. The fourth-order valence-electron chi connectivity index (χ4n) is 8.74. The molecule has 0 aromatic carbocycles. The molecule has 0 radical (unpaired) electrons. The zero-order valence-corrected chi connectivity index (χ0v) is 22.6. The van der Waals surface area contributed by atoms with Gasteiger partial charge in [0.15, 0.2) is 0 Å². The van der Waals surface area contributed by atoms with E-state index < -0.39 is 23.6 Å². The highest BCUT2D eigenvalue weighted by Crippen LogP contribution is 2.71. The van der Waals surface area contributed by atoms with Crippen LogP contribution in [0.15, 0.2) is 34.9 Å². The number of carboxylic acids is 1. The maximum atomic E-state index is 11.6. The van der Waals surface area contributed by atoms with Gasteiger partial charge < -0.3 is 20.4 Å². The van der Waals surface area contributed by atoms with Crippen molar-refractivity contribution in [3.05, 3.63) is 34.9 Å². The lowest BCUT2D eigenvalue weighted by atomic mass is 9.44. The second-order valence-electron chi connectivity index (χ2n) is 13.4. The third-order valence-corrected chi connectivity index (χ3v) is 11.6. The molecule has 0 bridgehead atoms. The minimum atomic E-state index is -0.958. The fraction of sp³-hybridized carbons (Fsp3) is 0.767. The van der Waals surface area contributed by atoms with Gasteiger partial charge in [-0.2, -0.15) is 0 Å². The Kier molecular flexibility index (Phi) is 6.51. The number of aliphatic carboxylic acids is 1. The third-order valence-electron chi connectivity index (χ3n) is 11.6. The summed E-state index contributed by atoms with van der Waals surface area (Å²) in [5.41, 5.74) is 2.13. The predicted molar refractivity (Wildman–Crippen MR) is 138 cm³/mol. The first-order valence-corrected chi connectivity index (χ1v) is 13.5. The van der Waals surface area contributed by atoms with Gasteiger partial charge >= 0.3 is 5.97 Å². The van der Waals surface area contributed by atoms with E-state index in [1.165, 1.54) is 11.1 Å². The van der Waals surface area contributed by atoms with Crippen LogP contribution in [0, 0.1) is 39.4 Å². The predicted octanol–water partition coefficient (Wildman–Crippen LogP) is 5.26.